The van der Waals surface area contributed by atoms with Gasteiger partial charge in [-0.05, 0) is 49.4 Å². The minimum atomic E-state index is -3.61. The van der Waals surface area contributed by atoms with Gasteiger partial charge in [-0.2, -0.15) is 4.31 Å². The lowest BCUT2D eigenvalue weighted by molar-refractivity contribution is 0.139. The average molecular weight is 506 g/mol. The van der Waals surface area contributed by atoms with Gasteiger partial charge in [0.2, 0.25) is 10.0 Å². The molecule has 1 fully saturated rings. The first-order valence-corrected chi connectivity index (χ1v) is 13.3. The van der Waals surface area contributed by atoms with E-state index in [0.717, 1.165) is 0 Å². The van der Waals surface area contributed by atoms with Crippen molar-refractivity contribution in [2.24, 2.45) is 12.2 Å². The van der Waals surface area contributed by atoms with Gasteiger partial charge in [0, 0.05) is 33.2 Å². The van der Waals surface area contributed by atoms with E-state index in [-0.39, 0.29) is 16.5 Å². The molecule has 182 valence electrons. The van der Waals surface area contributed by atoms with E-state index < -0.39 is 21.0 Å². The van der Waals surface area contributed by atoms with Crippen LogP contribution in [-0.2, 0) is 28.1 Å². The Morgan fingerprint density at radius 1 is 1.09 bits per heavy atom. The predicted octanol–water partition coefficient (Wildman–Crippen LogP) is 0.991. The number of ether oxygens (including phenoxy) is 1. The topological polar surface area (TPSA) is 128 Å². The molecular weight excluding hydrogens is 478 g/mol. The van der Waals surface area contributed by atoms with Gasteiger partial charge in [0.05, 0.1) is 33.8 Å². The Labute approximate surface area is 200 Å². The smallest absolute Gasteiger partial charge is 0.261 e. The Morgan fingerprint density at radius 3 is 2.32 bits per heavy atom. The molecular formula is C22H27N5O5S2. The lowest BCUT2D eigenvalue weighted by Crippen LogP contribution is -2.49. The van der Waals surface area contributed by atoms with E-state index >= 15 is 0 Å². The average Bonchev–Trinajstić information content (AvgIpc) is 2.85. The molecule has 2 atom stereocenters. The number of rotatable bonds is 6. The Balaban J connectivity index is 1.53. The van der Waals surface area contributed by atoms with E-state index in [9.17, 15) is 17.4 Å². The van der Waals surface area contributed by atoms with Crippen molar-refractivity contribution in [1.29, 1.82) is 0 Å². The van der Waals surface area contributed by atoms with Crippen molar-refractivity contribution in [1.82, 2.24) is 18.8 Å². The summed E-state index contributed by atoms with van der Waals surface area (Å²) in [5, 5.41) is 5.80. The number of sulfonamides is 1. The Morgan fingerprint density at radius 2 is 1.74 bits per heavy atom. The zero-order chi connectivity index (χ0) is 24.6. The number of nitrogens with zero attached hydrogens (tertiary/aromatic N) is 4. The summed E-state index contributed by atoms with van der Waals surface area (Å²) in [7, 11) is -2.12. The van der Waals surface area contributed by atoms with Crippen LogP contribution in [0, 0.1) is 0 Å². The molecule has 1 aromatic heterocycles. The lowest BCUT2D eigenvalue weighted by Gasteiger charge is -2.37. The zero-order valence-corrected chi connectivity index (χ0v) is 20.8. The summed E-state index contributed by atoms with van der Waals surface area (Å²) in [6, 6.07) is 10.9. The van der Waals surface area contributed by atoms with Crippen LogP contribution in [0.15, 0.2) is 57.1 Å². The standard InChI is InChI=1S/C22H27N5O5S2/c1-15(21-24-20-9-6-17(33(23)29)14-19(20)22(28)25(21)2)26-10-12-27(13-11-26)34(30,31)18-7-4-16(32-3)5-8-18/h4-9,14-15H,10-13,23H2,1-3H3. The first-order valence-electron chi connectivity index (χ1n) is 10.7. The van der Waals surface area contributed by atoms with Crippen molar-refractivity contribution in [2.75, 3.05) is 33.3 Å². The highest BCUT2D eigenvalue weighted by Gasteiger charge is 2.31. The second kappa shape index (κ2) is 9.55. The highest BCUT2D eigenvalue weighted by Crippen LogP contribution is 2.25. The SMILES string of the molecule is COc1ccc(S(=O)(=O)N2CCN(C(C)c3nc4ccc(S(N)=O)cc4c(=O)n3C)CC2)cc1. The summed E-state index contributed by atoms with van der Waals surface area (Å²) in [6.07, 6.45) is 0. The van der Waals surface area contributed by atoms with E-state index in [2.05, 4.69) is 9.88 Å². The third-order valence-corrected chi connectivity index (χ3v) is 8.84. The molecule has 0 amide bonds. The molecule has 1 aliphatic rings. The molecule has 2 aromatic carbocycles. The zero-order valence-electron chi connectivity index (χ0n) is 19.2. The molecule has 0 spiro atoms. The minimum absolute atomic E-state index is 0.212. The summed E-state index contributed by atoms with van der Waals surface area (Å²) < 4.78 is 45.7. The Kier molecular flexibility index (Phi) is 6.87. The van der Waals surface area contributed by atoms with Gasteiger partial charge in [-0.15, -0.1) is 0 Å². The number of hydrogen-bond donors (Lipinski definition) is 1. The summed E-state index contributed by atoms with van der Waals surface area (Å²) in [5.74, 6) is 1.17. The maximum Gasteiger partial charge on any atom is 0.261 e. The van der Waals surface area contributed by atoms with Crippen molar-refractivity contribution in [3.63, 3.8) is 0 Å². The molecule has 1 aliphatic heterocycles. The van der Waals surface area contributed by atoms with Crippen LogP contribution < -0.4 is 15.4 Å². The quantitative estimate of drug-likeness (QED) is 0.529. The molecule has 2 unspecified atom stereocenters. The maximum atomic E-state index is 13.0. The van der Waals surface area contributed by atoms with Crippen molar-refractivity contribution in [3.8, 4) is 5.75 Å². The molecule has 0 aliphatic carbocycles. The van der Waals surface area contributed by atoms with Crippen molar-refractivity contribution >= 4 is 31.9 Å². The van der Waals surface area contributed by atoms with Crippen molar-refractivity contribution in [3.05, 3.63) is 58.6 Å². The third kappa shape index (κ3) is 4.51. The molecule has 0 saturated carbocycles. The molecule has 2 N–H and O–H groups in total. The molecule has 4 rings (SSSR count). The number of nitrogens with two attached hydrogens (primary N) is 1. The van der Waals surface area contributed by atoms with E-state index in [0.29, 0.717) is 53.6 Å². The number of fused-ring (bicyclic) bond motifs is 1. The van der Waals surface area contributed by atoms with Crippen molar-refractivity contribution in [2.45, 2.75) is 22.8 Å². The molecule has 2 heterocycles. The molecule has 3 aromatic rings. The number of aromatic nitrogens is 2. The van der Waals surface area contributed by atoms with Gasteiger partial charge in [-0.3, -0.25) is 14.3 Å². The highest BCUT2D eigenvalue weighted by atomic mass is 32.2. The fraction of sp³-hybridized carbons (Fsp3) is 0.364. The molecule has 0 bridgehead atoms. The van der Waals surface area contributed by atoms with Gasteiger partial charge in [0.15, 0.2) is 0 Å². The van der Waals surface area contributed by atoms with Crippen LogP contribution in [0.3, 0.4) is 0 Å². The van der Waals surface area contributed by atoms with Gasteiger partial charge < -0.3 is 4.74 Å². The van der Waals surface area contributed by atoms with Crippen LogP contribution in [0.1, 0.15) is 18.8 Å². The van der Waals surface area contributed by atoms with Crippen LogP contribution in [0.2, 0.25) is 0 Å². The number of methoxy groups -OCH3 is 1. The Bertz CT molecular complexity index is 1400. The number of benzene rings is 2. The fourth-order valence-electron chi connectivity index (χ4n) is 4.16. The van der Waals surface area contributed by atoms with Crippen LogP contribution >= 0.6 is 0 Å². The van der Waals surface area contributed by atoms with Crippen LogP contribution in [0.4, 0.5) is 0 Å². The van der Waals surface area contributed by atoms with E-state index in [1.54, 1.807) is 43.4 Å². The largest absolute Gasteiger partial charge is 0.497 e. The number of piperazine rings is 1. The van der Waals surface area contributed by atoms with Gasteiger partial charge in [-0.1, -0.05) is 0 Å². The van der Waals surface area contributed by atoms with E-state index in [1.807, 2.05) is 6.92 Å². The first-order chi connectivity index (χ1) is 16.1. The second-order valence-corrected chi connectivity index (χ2v) is 11.1. The summed E-state index contributed by atoms with van der Waals surface area (Å²) in [4.78, 5) is 20.3. The normalized spacial score (nSPS) is 17.5. The molecule has 12 heteroatoms. The molecule has 0 radical (unpaired) electrons. The first kappa shape index (κ1) is 24.5. The van der Waals surface area contributed by atoms with Crippen molar-refractivity contribution < 1.29 is 17.4 Å². The van der Waals surface area contributed by atoms with Crippen LogP contribution in [0.25, 0.3) is 10.9 Å². The summed E-state index contributed by atoms with van der Waals surface area (Å²) in [5.41, 5.74) is 0.250. The lowest BCUT2D eigenvalue weighted by atomic mass is 10.2. The van der Waals surface area contributed by atoms with Crippen LogP contribution in [0.5, 0.6) is 5.75 Å². The minimum Gasteiger partial charge on any atom is -0.497 e. The van der Waals surface area contributed by atoms with Gasteiger partial charge >= 0.3 is 0 Å². The Hall–Kier alpha value is -2.64. The van der Waals surface area contributed by atoms with Gasteiger partial charge in [-0.25, -0.2) is 22.7 Å². The van der Waals surface area contributed by atoms with Crippen LogP contribution in [-0.4, -0.2) is 64.7 Å². The summed E-state index contributed by atoms with van der Waals surface area (Å²) >= 11 is 0. The van der Waals surface area contributed by atoms with Gasteiger partial charge in [0.25, 0.3) is 5.56 Å². The van der Waals surface area contributed by atoms with E-state index in [1.165, 1.54) is 22.0 Å². The van der Waals surface area contributed by atoms with E-state index in [4.69, 9.17) is 9.88 Å². The number of hydrogen-bond acceptors (Lipinski definition) is 7. The summed E-state index contributed by atoms with van der Waals surface area (Å²) in [6.45, 7) is 3.59. The highest BCUT2D eigenvalue weighted by molar-refractivity contribution is 7.89. The molecule has 34 heavy (non-hydrogen) atoms. The maximum absolute atomic E-state index is 13.0. The molecule has 10 nitrogen and oxygen atoms in total. The predicted molar refractivity (Wildman–Crippen MR) is 129 cm³/mol. The monoisotopic (exact) mass is 505 g/mol. The third-order valence-electron chi connectivity index (χ3n) is 6.21. The fourth-order valence-corrected chi connectivity index (χ4v) is 6.02. The van der Waals surface area contributed by atoms with Gasteiger partial charge in [0.1, 0.15) is 22.6 Å². The second-order valence-electron chi connectivity index (χ2n) is 8.10. The molecule has 1 saturated heterocycles.